The number of ether oxygens (including phenoxy) is 4. The number of rotatable bonds is 74. The molecule has 0 bridgehead atoms. The van der Waals surface area contributed by atoms with Crippen molar-refractivity contribution < 1.29 is 80.2 Å². The number of hydrogen-bond donors (Lipinski definition) is 3. The molecule has 0 aliphatic rings. The summed E-state index contributed by atoms with van der Waals surface area (Å²) in [6.07, 6.45) is 86.8. The monoisotopic (exact) mass is 1500 g/mol. The predicted octanol–water partition coefficient (Wildman–Crippen LogP) is 23.4. The first-order valence-electron chi connectivity index (χ1n) is 40.1. The molecule has 0 heterocycles. The van der Waals surface area contributed by atoms with Gasteiger partial charge in [0.1, 0.15) is 19.3 Å². The number of carbonyl (C=O) groups is 4. The largest absolute Gasteiger partial charge is 0.472 e. The van der Waals surface area contributed by atoms with Crippen LogP contribution in [0.4, 0.5) is 0 Å². The molecule has 17 nitrogen and oxygen atoms in total. The lowest BCUT2D eigenvalue weighted by Gasteiger charge is -2.21. The van der Waals surface area contributed by atoms with Gasteiger partial charge in [-0.3, -0.25) is 37.3 Å². The van der Waals surface area contributed by atoms with E-state index in [4.69, 9.17) is 37.0 Å². The fourth-order valence-corrected chi connectivity index (χ4v) is 11.8. The minimum absolute atomic E-state index is 0.0593. The standard InChI is InChI=1S/C85H142O17P2/c1-5-9-13-17-21-25-29-33-36-38-39-41-43-47-50-54-58-62-66-70-83(88)96-76-81(102-85(90)72-68-64-60-56-52-48-44-40-37-34-30-26-22-18-14-10-6-2)78-100-104(93,94)98-74-79(86)73-97-103(91,92)99-77-80(101-84(89)71-67-63-59-55-51-45-32-28-24-20-16-12-8-4)75-95-82(87)69-65-61-57-53-49-46-42-35-31-27-23-19-15-11-7-3/h10-11,14-16,20-23,25-28,32-37,39,41-42,44,48,79-81,86H,5-9,12-13,17-19,24,29-31,38,40,43,45-47,49-78H2,1-4H3,(H,91,92)(H,93,94)/b14-10-,15-11-,20-16-,25-21-,26-22-,27-23-,32-28-,36-33-,37-34-,41-39-,42-35-,48-44-. The molecule has 0 amide bonds. The van der Waals surface area contributed by atoms with Crippen LogP contribution in [0.3, 0.4) is 0 Å². The third-order valence-corrected chi connectivity index (χ3v) is 18.2. The van der Waals surface area contributed by atoms with Gasteiger partial charge in [0.25, 0.3) is 0 Å². The smallest absolute Gasteiger partial charge is 0.462 e. The van der Waals surface area contributed by atoms with Crippen LogP contribution in [0.5, 0.6) is 0 Å². The summed E-state index contributed by atoms with van der Waals surface area (Å²) in [4.78, 5) is 73.0. The normalized spacial score (nSPS) is 14.6. The van der Waals surface area contributed by atoms with Crippen molar-refractivity contribution in [2.24, 2.45) is 0 Å². The summed E-state index contributed by atoms with van der Waals surface area (Å²) in [6.45, 7) is 4.48. The Balaban J connectivity index is 5.42. The first-order chi connectivity index (χ1) is 50.7. The molecule has 19 heteroatoms. The number of allylic oxidation sites excluding steroid dienone is 24. The molecule has 0 radical (unpaired) electrons. The average molecular weight is 1500 g/mol. The first kappa shape index (κ1) is 98.9. The van der Waals surface area contributed by atoms with Gasteiger partial charge in [-0.2, -0.15) is 0 Å². The maximum atomic E-state index is 13.1. The van der Waals surface area contributed by atoms with Gasteiger partial charge in [-0.25, -0.2) is 9.13 Å². The molecule has 0 aliphatic carbocycles. The van der Waals surface area contributed by atoms with Gasteiger partial charge in [-0.15, -0.1) is 0 Å². The number of esters is 4. The number of unbranched alkanes of at least 4 members (excludes halogenated alkanes) is 24. The van der Waals surface area contributed by atoms with E-state index < -0.39 is 97.5 Å². The molecular formula is C85H142O17P2. The summed E-state index contributed by atoms with van der Waals surface area (Å²) in [5, 5.41) is 10.6. The third kappa shape index (κ3) is 75.2. The summed E-state index contributed by atoms with van der Waals surface area (Å²) in [7, 11) is -9.99. The Labute approximate surface area is 630 Å². The molecular weight excluding hydrogens is 1350 g/mol. The maximum Gasteiger partial charge on any atom is 0.472 e. The summed E-state index contributed by atoms with van der Waals surface area (Å²) in [5.74, 6) is -2.25. The van der Waals surface area contributed by atoms with Crippen molar-refractivity contribution in [3.8, 4) is 0 Å². The Morgan fingerprint density at radius 2 is 0.519 bits per heavy atom. The molecule has 3 N–H and O–H groups in total. The molecule has 0 fully saturated rings. The van der Waals surface area contributed by atoms with Crippen LogP contribution < -0.4 is 0 Å². The zero-order chi connectivity index (χ0) is 76.0. The molecule has 5 unspecified atom stereocenters. The Bertz CT molecular complexity index is 2540. The lowest BCUT2D eigenvalue weighted by molar-refractivity contribution is -0.161. The van der Waals surface area contributed by atoms with E-state index in [9.17, 15) is 43.2 Å². The highest BCUT2D eigenvalue weighted by Crippen LogP contribution is 2.45. The minimum Gasteiger partial charge on any atom is -0.462 e. The van der Waals surface area contributed by atoms with Crippen molar-refractivity contribution in [2.45, 2.75) is 329 Å². The Kier molecular flexibility index (Phi) is 72.4. The highest BCUT2D eigenvalue weighted by Gasteiger charge is 2.30. The quantitative estimate of drug-likeness (QED) is 0.0169. The molecule has 0 aromatic carbocycles. The van der Waals surface area contributed by atoms with Crippen molar-refractivity contribution in [2.75, 3.05) is 39.6 Å². The topological polar surface area (TPSA) is 237 Å². The van der Waals surface area contributed by atoms with E-state index in [1.54, 1.807) is 0 Å². The molecule has 0 aliphatic heterocycles. The van der Waals surface area contributed by atoms with Crippen LogP contribution in [-0.2, 0) is 65.4 Å². The molecule has 0 aromatic rings. The zero-order valence-electron chi connectivity index (χ0n) is 64.9. The van der Waals surface area contributed by atoms with Crippen LogP contribution in [0.25, 0.3) is 0 Å². The van der Waals surface area contributed by atoms with Crippen LogP contribution in [-0.4, -0.2) is 96.7 Å². The second kappa shape index (κ2) is 76.1. The lowest BCUT2D eigenvalue weighted by Crippen LogP contribution is -2.30. The Hall–Kier alpha value is -5.06. The number of carbonyl (C=O) groups excluding carboxylic acids is 4. The van der Waals surface area contributed by atoms with E-state index >= 15 is 0 Å². The second-order valence-corrected chi connectivity index (χ2v) is 29.1. The maximum absolute atomic E-state index is 13.1. The van der Waals surface area contributed by atoms with Crippen LogP contribution >= 0.6 is 15.6 Å². The molecule has 0 saturated heterocycles. The fraction of sp³-hybridized carbons (Fsp3) is 0.671. The molecule has 104 heavy (non-hydrogen) atoms. The third-order valence-electron chi connectivity index (χ3n) is 16.2. The molecule has 594 valence electrons. The summed E-state index contributed by atoms with van der Waals surface area (Å²) >= 11 is 0. The highest BCUT2D eigenvalue weighted by atomic mass is 31.2. The van der Waals surface area contributed by atoms with Gasteiger partial charge in [0.05, 0.1) is 26.4 Å². The number of hydrogen-bond acceptors (Lipinski definition) is 15. The van der Waals surface area contributed by atoms with Crippen molar-refractivity contribution in [1.82, 2.24) is 0 Å². The van der Waals surface area contributed by atoms with Crippen LogP contribution in [0.1, 0.15) is 310 Å². The molecule has 0 spiro atoms. The van der Waals surface area contributed by atoms with Crippen LogP contribution in [0.15, 0.2) is 146 Å². The Morgan fingerprint density at radius 3 is 0.808 bits per heavy atom. The van der Waals surface area contributed by atoms with Crippen LogP contribution in [0, 0.1) is 0 Å². The van der Waals surface area contributed by atoms with E-state index in [0.29, 0.717) is 25.7 Å². The van der Waals surface area contributed by atoms with Crippen molar-refractivity contribution in [3.63, 3.8) is 0 Å². The van der Waals surface area contributed by atoms with Crippen molar-refractivity contribution in [3.05, 3.63) is 146 Å². The predicted molar refractivity (Wildman–Crippen MR) is 427 cm³/mol. The number of phosphoric ester groups is 2. The number of aliphatic hydroxyl groups excluding tert-OH is 1. The van der Waals surface area contributed by atoms with Gasteiger partial charge in [0.2, 0.25) is 0 Å². The average Bonchev–Trinajstić information content (AvgIpc) is 0.917. The molecule has 0 aromatic heterocycles. The van der Waals surface area contributed by atoms with Gasteiger partial charge < -0.3 is 33.8 Å². The summed E-state index contributed by atoms with van der Waals surface area (Å²) in [6, 6.07) is 0. The van der Waals surface area contributed by atoms with E-state index in [-0.39, 0.29) is 25.7 Å². The SMILES string of the molecule is CC/C=C\C/C=C\C/C=C\C/C=C\CCCCCCC(=O)OC(COC(=O)CCCCCCCC/C=C\C/C=C\C/C=C\CCCCC)COP(=O)(O)OCC(O)COP(=O)(O)OCC(COC(=O)CCCCCCC/C=C\C/C=C\C/C=C\CC)OC(=O)CCCCCCC/C=C\C/C=C\CCC. The van der Waals surface area contributed by atoms with E-state index in [2.05, 4.69) is 174 Å². The molecule has 0 saturated carbocycles. The summed E-state index contributed by atoms with van der Waals surface area (Å²) < 4.78 is 68.6. The Morgan fingerprint density at radius 1 is 0.279 bits per heavy atom. The van der Waals surface area contributed by atoms with E-state index in [1.165, 1.54) is 19.3 Å². The van der Waals surface area contributed by atoms with Crippen molar-refractivity contribution >= 4 is 39.5 Å². The molecule has 5 atom stereocenters. The zero-order valence-corrected chi connectivity index (χ0v) is 66.7. The van der Waals surface area contributed by atoms with Gasteiger partial charge >= 0.3 is 39.5 Å². The number of phosphoric acid groups is 2. The van der Waals surface area contributed by atoms with Crippen LogP contribution in [0.2, 0.25) is 0 Å². The summed E-state index contributed by atoms with van der Waals surface area (Å²) in [5.41, 5.74) is 0. The van der Waals surface area contributed by atoms with Gasteiger partial charge in [0.15, 0.2) is 12.2 Å². The minimum atomic E-state index is -5.00. The van der Waals surface area contributed by atoms with E-state index in [1.807, 2.05) is 0 Å². The highest BCUT2D eigenvalue weighted by molar-refractivity contribution is 7.47. The van der Waals surface area contributed by atoms with Gasteiger partial charge in [0, 0.05) is 25.7 Å². The first-order valence-corrected chi connectivity index (χ1v) is 43.1. The molecule has 0 rings (SSSR count). The van der Waals surface area contributed by atoms with Gasteiger partial charge in [-0.1, -0.05) is 270 Å². The number of aliphatic hydroxyl groups is 1. The lowest BCUT2D eigenvalue weighted by atomic mass is 10.1. The van der Waals surface area contributed by atoms with E-state index in [0.717, 1.165) is 212 Å². The van der Waals surface area contributed by atoms with Gasteiger partial charge in [-0.05, 0) is 161 Å². The van der Waals surface area contributed by atoms with Crippen molar-refractivity contribution in [1.29, 1.82) is 0 Å². The fourth-order valence-electron chi connectivity index (χ4n) is 10.2. The second-order valence-electron chi connectivity index (χ2n) is 26.2.